The predicted molar refractivity (Wildman–Crippen MR) is 96.3 cm³/mol. The van der Waals surface area contributed by atoms with Crippen molar-refractivity contribution < 1.29 is 24.2 Å². The number of carboxylic acids is 1. The molecule has 0 bridgehead atoms. The molecule has 0 atom stereocenters. The van der Waals surface area contributed by atoms with Crippen LogP contribution in [0.3, 0.4) is 0 Å². The summed E-state index contributed by atoms with van der Waals surface area (Å²) in [6, 6.07) is 5.54. The highest BCUT2D eigenvalue weighted by Gasteiger charge is 2.33. The molecule has 0 aliphatic carbocycles. The molecule has 6 heteroatoms. The third-order valence-electron chi connectivity index (χ3n) is 4.03. The first-order valence-corrected chi connectivity index (χ1v) is 8.61. The van der Waals surface area contributed by atoms with E-state index in [1.54, 1.807) is 11.9 Å². The van der Waals surface area contributed by atoms with Gasteiger partial charge in [-0.1, -0.05) is 6.07 Å². The zero-order chi connectivity index (χ0) is 19.0. The minimum absolute atomic E-state index is 0.0512. The Bertz CT molecular complexity index is 597. The van der Waals surface area contributed by atoms with Crippen LogP contribution in [0.5, 0.6) is 11.5 Å². The second-order valence-corrected chi connectivity index (χ2v) is 6.38. The molecule has 1 amide bonds. The number of amides is 1. The van der Waals surface area contributed by atoms with E-state index >= 15 is 0 Å². The second kappa shape index (κ2) is 9.30. The van der Waals surface area contributed by atoms with Crippen LogP contribution >= 0.6 is 0 Å². The lowest BCUT2D eigenvalue weighted by molar-refractivity contribution is -0.139. The Hall–Kier alpha value is -2.24. The van der Waals surface area contributed by atoms with E-state index in [0.29, 0.717) is 37.7 Å². The minimum atomic E-state index is -0.854. The highest BCUT2D eigenvalue weighted by molar-refractivity contribution is 5.87. The van der Waals surface area contributed by atoms with Gasteiger partial charge < -0.3 is 19.5 Å². The van der Waals surface area contributed by atoms with Crippen molar-refractivity contribution in [3.63, 3.8) is 0 Å². The molecule has 0 aliphatic heterocycles. The Labute approximate surface area is 149 Å². The average molecular weight is 351 g/mol. The van der Waals surface area contributed by atoms with E-state index in [0.717, 1.165) is 5.56 Å². The molecule has 140 valence electrons. The smallest absolute Gasteiger partial charge is 0.303 e. The van der Waals surface area contributed by atoms with Gasteiger partial charge in [0.25, 0.3) is 0 Å². The van der Waals surface area contributed by atoms with E-state index in [4.69, 9.17) is 14.6 Å². The van der Waals surface area contributed by atoms with Crippen LogP contribution in [-0.2, 0) is 15.0 Å². The molecule has 25 heavy (non-hydrogen) atoms. The summed E-state index contributed by atoms with van der Waals surface area (Å²) in [5, 5.41) is 8.72. The largest absolute Gasteiger partial charge is 0.490 e. The maximum Gasteiger partial charge on any atom is 0.303 e. The van der Waals surface area contributed by atoms with Crippen molar-refractivity contribution in [1.29, 1.82) is 0 Å². The van der Waals surface area contributed by atoms with Crippen molar-refractivity contribution in [2.75, 3.05) is 26.8 Å². The first kappa shape index (κ1) is 20.8. The molecule has 0 radical (unpaired) electrons. The van der Waals surface area contributed by atoms with Gasteiger partial charge in [-0.25, -0.2) is 0 Å². The lowest BCUT2D eigenvalue weighted by Crippen LogP contribution is -2.41. The van der Waals surface area contributed by atoms with Crippen LogP contribution in [0.4, 0.5) is 0 Å². The van der Waals surface area contributed by atoms with Crippen molar-refractivity contribution in [1.82, 2.24) is 4.90 Å². The molecular formula is C19H29NO5. The lowest BCUT2D eigenvalue weighted by atomic mass is 9.83. The number of ether oxygens (including phenoxy) is 2. The van der Waals surface area contributed by atoms with Crippen molar-refractivity contribution in [3.8, 4) is 11.5 Å². The zero-order valence-electron chi connectivity index (χ0n) is 15.8. The van der Waals surface area contributed by atoms with Gasteiger partial charge in [0.2, 0.25) is 5.91 Å². The second-order valence-electron chi connectivity index (χ2n) is 6.38. The molecule has 0 heterocycles. The maximum absolute atomic E-state index is 12.8. The molecule has 0 aliphatic rings. The number of carboxylic acid groups (broad SMARTS) is 1. The third kappa shape index (κ3) is 5.66. The van der Waals surface area contributed by atoms with Crippen molar-refractivity contribution in [3.05, 3.63) is 23.8 Å². The summed E-state index contributed by atoms with van der Waals surface area (Å²) in [6.45, 7) is 8.96. The van der Waals surface area contributed by atoms with E-state index in [1.165, 1.54) is 0 Å². The molecular weight excluding hydrogens is 322 g/mol. The number of carbonyl (C=O) groups excluding carboxylic acids is 1. The number of benzene rings is 1. The summed E-state index contributed by atoms with van der Waals surface area (Å²) < 4.78 is 11.2. The number of nitrogens with zero attached hydrogens (tertiary/aromatic N) is 1. The normalized spacial score (nSPS) is 11.1. The zero-order valence-corrected chi connectivity index (χ0v) is 15.8. The monoisotopic (exact) mass is 351 g/mol. The molecule has 0 unspecified atom stereocenters. The summed E-state index contributed by atoms with van der Waals surface area (Å²) in [6.07, 6.45) is 0.483. The van der Waals surface area contributed by atoms with E-state index < -0.39 is 11.4 Å². The molecule has 1 rings (SSSR count). The lowest BCUT2D eigenvalue weighted by Gasteiger charge is -2.30. The molecule has 0 aromatic heterocycles. The fourth-order valence-electron chi connectivity index (χ4n) is 2.61. The van der Waals surface area contributed by atoms with Gasteiger partial charge in [0.15, 0.2) is 11.5 Å². The minimum Gasteiger partial charge on any atom is -0.490 e. The SMILES string of the molecule is CCOc1ccc(C(C)(C)C(=O)N(C)CCCC(=O)O)cc1OCC. The van der Waals surface area contributed by atoms with Crippen LogP contribution in [0.25, 0.3) is 0 Å². The first-order valence-electron chi connectivity index (χ1n) is 8.61. The van der Waals surface area contributed by atoms with Gasteiger partial charge in [0.1, 0.15) is 0 Å². The summed E-state index contributed by atoms with van der Waals surface area (Å²) in [5.74, 6) is 0.361. The maximum atomic E-state index is 12.8. The van der Waals surface area contributed by atoms with Gasteiger partial charge in [0.05, 0.1) is 18.6 Å². The van der Waals surface area contributed by atoms with E-state index in [-0.39, 0.29) is 12.3 Å². The molecule has 1 aromatic rings. The molecule has 0 fully saturated rings. The summed E-state index contributed by atoms with van der Waals surface area (Å²) in [7, 11) is 1.70. The topological polar surface area (TPSA) is 76.1 Å². The Balaban J connectivity index is 2.97. The van der Waals surface area contributed by atoms with Gasteiger partial charge in [-0.2, -0.15) is 0 Å². The fraction of sp³-hybridized carbons (Fsp3) is 0.579. The Morgan fingerprint density at radius 2 is 1.72 bits per heavy atom. The molecule has 1 N–H and O–H groups in total. The van der Waals surface area contributed by atoms with E-state index in [9.17, 15) is 9.59 Å². The summed E-state index contributed by atoms with van der Waals surface area (Å²) in [5.41, 5.74) is 0.0728. The molecule has 6 nitrogen and oxygen atoms in total. The van der Waals surface area contributed by atoms with Crippen LogP contribution in [0, 0.1) is 0 Å². The quantitative estimate of drug-likeness (QED) is 0.701. The third-order valence-corrected chi connectivity index (χ3v) is 4.03. The molecule has 1 aromatic carbocycles. The van der Waals surface area contributed by atoms with Crippen LogP contribution in [0.1, 0.15) is 46.1 Å². The number of likely N-dealkylation sites (N-methyl/N-ethyl adjacent to an activating group) is 1. The van der Waals surface area contributed by atoms with Gasteiger partial charge in [0, 0.05) is 20.0 Å². The Morgan fingerprint density at radius 1 is 1.12 bits per heavy atom. The number of rotatable bonds is 10. The van der Waals surface area contributed by atoms with Crippen LogP contribution in [0.2, 0.25) is 0 Å². The number of hydrogen-bond acceptors (Lipinski definition) is 4. The van der Waals surface area contributed by atoms with Crippen molar-refractivity contribution in [2.24, 2.45) is 0 Å². The first-order chi connectivity index (χ1) is 11.7. The highest BCUT2D eigenvalue weighted by Crippen LogP contribution is 2.34. The fourth-order valence-corrected chi connectivity index (χ4v) is 2.61. The van der Waals surface area contributed by atoms with Crippen LogP contribution in [0.15, 0.2) is 18.2 Å². The average Bonchev–Trinajstić information content (AvgIpc) is 2.55. The summed E-state index contributed by atoms with van der Waals surface area (Å²) in [4.78, 5) is 25.0. The van der Waals surface area contributed by atoms with E-state index in [1.807, 2.05) is 45.9 Å². The Morgan fingerprint density at radius 3 is 2.28 bits per heavy atom. The molecule has 0 spiro atoms. The standard InChI is InChI=1S/C19H29NO5/c1-6-24-15-11-10-14(13-16(15)25-7-2)19(3,4)18(23)20(5)12-8-9-17(21)22/h10-11,13H,6-9,12H2,1-5H3,(H,21,22). The highest BCUT2D eigenvalue weighted by atomic mass is 16.5. The molecule has 0 saturated heterocycles. The van der Waals surface area contributed by atoms with E-state index in [2.05, 4.69) is 0 Å². The van der Waals surface area contributed by atoms with Gasteiger partial charge in [-0.05, 0) is 51.8 Å². The van der Waals surface area contributed by atoms with Gasteiger partial charge in [-0.15, -0.1) is 0 Å². The Kier molecular flexibility index (Phi) is 7.74. The number of hydrogen-bond donors (Lipinski definition) is 1. The van der Waals surface area contributed by atoms with Crippen LogP contribution < -0.4 is 9.47 Å². The predicted octanol–water partition coefficient (Wildman–Crippen LogP) is 3.08. The number of aliphatic carboxylic acids is 1. The van der Waals surface area contributed by atoms with Crippen LogP contribution in [-0.4, -0.2) is 48.7 Å². The summed E-state index contributed by atoms with van der Waals surface area (Å²) >= 11 is 0. The molecule has 0 saturated carbocycles. The van der Waals surface area contributed by atoms with Crippen molar-refractivity contribution >= 4 is 11.9 Å². The van der Waals surface area contributed by atoms with Gasteiger partial charge >= 0.3 is 5.97 Å². The number of carbonyl (C=O) groups is 2. The van der Waals surface area contributed by atoms with Gasteiger partial charge in [-0.3, -0.25) is 9.59 Å². The van der Waals surface area contributed by atoms with Crippen molar-refractivity contribution in [2.45, 2.75) is 46.0 Å².